The minimum absolute atomic E-state index is 0.294. The number of halogens is 2. The molecule has 2 rings (SSSR count). The van der Waals surface area contributed by atoms with Gasteiger partial charge in [-0.05, 0) is 31.9 Å². The highest BCUT2D eigenvalue weighted by Gasteiger charge is 2.45. The van der Waals surface area contributed by atoms with Crippen molar-refractivity contribution in [2.75, 3.05) is 13.7 Å². The van der Waals surface area contributed by atoms with Gasteiger partial charge in [-0.15, -0.1) is 0 Å². The van der Waals surface area contributed by atoms with Gasteiger partial charge in [0.15, 0.2) is 11.6 Å². The smallest absolute Gasteiger partial charge is 0.163 e. The molecule has 1 saturated carbocycles. The van der Waals surface area contributed by atoms with Crippen LogP contribution >= 0.6 is 0 Å². The van der Waals surface area contributed by atoms with E-state index in [-0.39, 0.29) is 6.04 Å². The third kappa shape index (κ3) is 2.15. The van der Waals surface area contributed by atoms with Crippen molar-refractivity contribution < 1.29 is 13.5 Å². The highest BCUT2D eigenvalue weighted by Crippen LogP contribution is 2.45. The molecule has 0 saturated heterocycles. The van der Waals surface area contributed by atoms with Crippen LogP contribution in [0.25, 0.3) is 0 Å². The lowest BCUT2D eigenvalue weighted by atomic mass is 9.72. The third-order valence-corrected chi connectivity index (χ3v) is 3.83. The molecular formula is C14H19F2NO. The molecular weight excluding hydrogens is 236 g/mol. The maximum atomic E-state index is 13.9. The molecule has 1 N–H and O–H groups in total. The number of hydrogen-bond acceptors (Lipinski definition) is 2. The lowest BCUT2D eigenvalue weighted by molar-refractivity contribution is -0.100. The van der Waals surface area contributed by atoms with Crippen LogP contribution in [0, 0.1) is 11.6 Å². The Hall–Kier alpha value is -1.00. The van der Waals surface area contributed by atoms with Crippen LogP contribution in [-0.4, -0.2) is 19.3 Å². The zero-order chi connectivity index (χ0) is 13.2. The van der Waals surface area contributed by atoms with Gasteiger partial charge in [0.1, 0.15) is 0 Å². The molecule has 100 valence electrons. The molecule has 0 spiro atoms. The molecule has 0 aliphatic heterocycles. The molecule has 0 radical (unpaired) electrons. The topological polar surface area (TPSA) is 21.3 Å². The predicted octanol–water partition coefficient (Wildman–Crippen LogP) is 3.18. The van der Waals surface area contributed by atoms with Gasteiger partial charge in [-0.3, -0.25) is 0 Å². The Labute approximate surface area is 106 Å². The van der Waals surface area contributed by atoms with Gasteiger partial charge < -0.3 is 10.1 Å². The second-order valence-corrected chi connectivity index (χ2v) is 4.76. The molecule has 1 atom stereocenters. The van der Waals surface area contributed by atoms with Crippen molar-refractivity contribution in [1.29, 1.82) is 0 Å². The molecule has 0 aromatic heterocycles. The molecule has 0 bridgehead atoms. The SMILES string of the molecule is CCNC(c1cccc(F)c1F)C1(OC)CCC1. The summed E-state index contributed by atoms with van der Waals surface area (Å²) in [6, 6.07) is 4.02. The molecule has 1 aromatic carbocycles. The van der Waals surface area contributed by atoms with E-state index in [0.29, 0.717) is 12.1 Å². The number of methoxy groups -OCH3 is 1. The summed E-state index contributed by atoms with van der Waals surface area (Å²) in [6.45, 7) is 2.64. The van der Waals surface area contributed by atoms with E-state index in [0.717, 1.165) is 25.3 Å². The summed E-state index contributed by atoms with van der Waals surface area (Å²) in [5.74, 6) is -1.58. The largest absolute Gasteiger partial charge is 0.376 e. The molecule has 1 fully saturated rings. The van der Waals surface area contributed by atoms with Crippen LogP contribution in [0.15, 0.2) is 18.2 Å². The molecule has 0 heterocycles. The van der Waals surface area contributed by atoms with Gasteiger partial charge in [0.05, 0.1) is 11.6 Å². The number of rotatable bonds is 5. The highest BCUT2D eigenvalue weighted by molar-refractivity contribution is 5.26. The monoisotopic (exact) mass is 255 g/mol. The third-order valence-electron chi connectivity index (χ3n) is 3.83. The van der Waals surface area contributed by atoms with Gasteiger partial charge in [0, 0.05) is 12.7 Å². The number of nitrogens with one attached hydrogen (secondary N) is 1. The van der Waals surface area contributed by atoms with Gasteiger partial charge in [0.2, 0.25) is 0 Å². The fourth-order valence-electron chi connectivity index (χ4n) is 2.66. The first-order chi connectivity index (χ1) is 8.64. The van der Waals surface area contributed by atoms with Crippen molar-refractivity contribution >= 4 is 0 Å². The summed E-state index contributed by atoms with van der Waals surface area (Å²) in [6.07, 6.45) is 2.81. The van der Waals surface area contributed by atoms with E-state index in [9.17, 15) is 8.78 Å². The van der Waals surface area contributed by atoms with E-state index in [2.05, 4.69) is 5.32 Å². The summed E-state index contributed by atoms with van der Waals surface area (Å²) in [5.41, 5.74) is -0.0385. The van der Waals surface area contributed by atoms with E-state index >= 15 is 0 Å². The van der Waals surface area contributed by atoms with Gasteiger partial charge in [-0.1, -0.05) is 19.1 Å². The molecule has 1 aliphatic carbocycles. The number of ether oxygens (including phenoxy) is 1. The predicted molar refractivity (Wildman–Crippen MR) is 66.4 cm³/mol. The van der Waals surface area contributed by atoms with E-state index in [1.807, 2.05) is 6.92 Å². The average Bonchev–Trinajstić information content (AvgIpc) is 2.31. The Morgan fingerprint density at radius 3 is 2.61 bits per heavy atom. The van der Waals surface area contributed by atoms with E-state index in [1.165, 1.54) is 0 Å². The first-order valence-corrected chi connectivity index (χ1v) is 6.37. The van der Waals surface area contributed by atoms with Crippen molar-refractivity contribution in [3.63, 3.8) is 0 Å². The molecule has 1 unspecified atom stereocenters. The van der Waals surface area contributed by atoms with Gasteiger partial charge >= 0.3 is 0 Å². The highest BCUT2D eigenvalue weighted by atomic mass is 19.2. The number of hydrogen-bond donors (Lipinski definition) is 1. The maximum Gasteiger partial charge on any atom is 0.163 e. The van der Waals surface area contributed by atoms with Gasteiger partial charge in [-0.25, -0.2) is 8.78 Å². The van der Waals surface area contributed by atoms with Crippen LogP contribution in [0.3, 0.4) is 0 Å². The second kappa shape index (κ2) is 5.33. The van der Waals surface area contributed by atoms with Crippen molar-refractivity contribution in [3.05, 3.63) is 35.4 Å². The minimum atomic E-state index is -0.805. The summed E-state index contributed by atoms with van der Waals surface area (Å²) < 4.78 is 32.9. The molecule has 1 aliphatic rings. The Morgan fingerprint density at radius 2 is 2.11 bits per heavy atom. The van der Waals surface area contributed by atoms with E-state index in [4.69, 9.17) is 4.74 Å². The number of benzene rings is 1. The fraction of sp³-hybridized carbons (Fsp3) is 0.571. The second-order valence-electron chi connectivity index (χ2n) is 4.76. The average molecular weight is 255 g/mol. The van der Waals surface area contributed by atoms with Crippen LogP contribution in [0.5, 0.6) is 0 Å². The van der Waals surface area contributed by atoms with Crippen molar-refractivity contribution in [1.82, 2.24) is 5.32 Å². The zero-order valence-corrected chi connectivity index (χ0v) is 10.8. The van der Waals surface area contributed by atoms with Crippen LogP contribution in [0.4, 0.5) is 8.78 Å². The Kier molecular flexibility index (Phi) is 3.97. The summed E-state index contributed by atoms with van der Waals surface area (Å²) in [7, 11) is 1.64. The lowest BCUT2D eigenvalue weighted by Crippen LogP contribution is -2.50. The Morgan fingerprint density at radius 1 is 1.39 bits per heavy atom. The van der Waals surface area contributed by atoms with Crippen molar-refractivity contribution in [3.8, 4) is 0 Å². The van der Waals surface area contributed by atoms with Crippen LogP contribution < -0.4 is 5.32 Å². The minimum Gasteiger partial charge on any atom is -0.376 e. The first-order valence-electron chi connectivity index (χ1n) is 6.37. The summed E-state index contributed by atoms with van der Waals surface area (Å²) in [4.78, 5) is 0. The van der Waals surface area contributed by atoms with Gasteiger partial charge in [0.25, 0.3) is 0 Å². The molecule has 18 heavy (non-hydrogen) atoms. The van der Waals surface area contributed by atoms with Crippen LogP contribution in [0.2, 0.25) is 0 Å². The lowest BCUT2D eigenvalue weighted by Gasteiger charge is -2.47. The Bertz CT molecular complexity index is 413. The van der Waals surface area contributed by atoms with Crippen molar-refractivity contribution in [2.45, 2.75) is 37.8 Å². The fourth-order valence-corrected chi connectivity index (χ4v) is 2.66. The molecule has 2 nitrogen and oxygen atoms in total. The molecule has 4 heteroatoms. The zero-order valence-electron chi connectivity index (χ0n) is 10.8. The van der Waals surface area contributed by atoms with Crippen LogP contribution in [0.1, 0.15) is 37.8 Å². The molecule has 0 amide bonds. The normalized spacial score (nSPS) is 19.3. The van der Waals surface area contributed by atoms with Crippen molar-refractivity contribution in [2.24, 2.45) is 0 Å². The summed E-state index contributed by atoms with van der Waals surface area (Å²) in [5, 5.41) is 3.23. The van der Waals surface area contributed by atoms with E-state index < -0.39 is 17.2 Å². The number of likely N-dealkylation sites (N-methyl/N-ethyl adjacent to an activating group) is 1. The first kappa shape index (κ1) is 13.4. The molecule has 1 aromatic rings. The summed E-state index contributed by atoms with van der Waals surface area (Å²) >= 11 is 0. The van der Waals surface area contributed by atoms with Crippen LogP contribution in [-0.2, 0) is 4.74 Å². The van der Waals surface area contributed by atoms with E-state index in [1.54, 1.807) is 19.2 Å². The van der Waals surface area contributed by atoms with Gasteiger partial charge in [-0.2, -0.15) is 0 Å². The quantitative estimate of drug-likeness (QED) is 0.872. The maximum absolute atomic E-state index is 13.9. The standard InChI is InChI=1S/C14H19F2NO/c1-3-17-13(14(18-2)8-5-9-14)10-6-4-7-11(15)12(10)16/h4,6-7,13,17H,3,5,8-9H2,1-2H3. The Balaban J connectivity index is 2.38.